The first kappa shape index (κ1) is 23.2. The molecule has 2 rings (SSSR count). The summed E-state index contributed by atoms with van der Waals surface area (Å²) in [6, 6.07) is 10.9. The summed E-state index contributed by atoms with van der Waals surface area (Å²) in [5.74, 6) is 1.73. The number of benzene rings is 1. The van der Waals surface area contributed by atoms with Crippen molar-refractivity contribution in [1.29, 1.82) is 0 Å². The average Bonchev–Trinajstić information content (AvgIpc) is 3.14. The fourth-order valence-corrected chi connectivity index (χ4v) is 3.55. The molecule has 0 bridgehead atoms. The lowest BCUT2D eigenvalue weighted by molar-refractivity contribution is 0.297. The Morgan fingerprint density at radius 1 is 1.15 bits per heavy atom. The van der Waals surface area contributed by atoms with Crippen molar-refractivity contribution in [1.82, 2.24) is 15.1 Å². The monoisotopic (exact) mass is 472 g/mol. The standard InChI is InChI=1S/C21H36N4.HI/c1-4-22-21(23-15-10-11-16-24(5-2)6-3)25-17-14-20(18-25)19-12-8-7-9-13-19;/h7-9,12-13,20H,4-6,10-11,14-18H2,1-3H3,(H,22,23);1H. The summed E-state index contributed by atoms with van der Waals surface area (Å²) in [6.45, 7) is 14.2. The van der Waals surface area contributed by atoms with Crippen LogP contribution in [0.1, 0.15) is 51.5 Å². The van der Waals surface area contributed by atoms with Crippen LogP contribution in [0.4, 0.5) is 0 Å². The van der Waals surface area contributed by atoms with Crippen molar-refractivity contribution in [2.24, 2.45) is 4.99 Å². The lowest BCUT2D eigenvalue weighted by Crippen LogP contribution is -2.40. The van der Waals surface area contributed by atoms with Gasteiger partial charge < -0.3 is 15.1 Å². The molecular formula is C21H37IN4. The molecule has 26 heavy (non-hydrogen) atoms. The molecule has 1 aromatic rings. The topological polar surface area (TPSA) is 30.9 Å². The highest BCUT2D eigenvalue weighted by Gasteiger charge is 2.25. The number of nitrogens with zero attached hydrogens (tertiary/aromatic N) is 3. The Kier molecular flexibility index (Phi) is 11.9. The van der Waals surface area contributed by atoms with E-state index in [0.717, 1.165) is 45.2 Å². The predicted octanol–water partition coefficient (Wildman–Crippen LogP) is 4.18. The van der Waals surface area contributed by atoms with Crippen molar-refractivity contribution < 1.29 is 0 Å². The van der Waals surface area contributed by atoms with Gasteiger partial charge in [-0.2, -0.15) is 0 Å². The summed E-state index contributed by atoms with van der Waals surface area (Å²) >= 11 is 0. The van der Waals surface area contributed by atoms with Gasteiger partial charge in [0.1, 0.15) is 0 Å². The predicted molar refractivity (Wildman–Crippen MR) is 124 cm³/mol. The molecule has 0 radical (unpaired) electrons. The van der Waals surface area contributed by atoms with Gasteiger partial charge in [0, 0.05) is 32.1 Å². The zero-order valence-corrected chi connectivity index (χ0v) is 19.1. The van der Waals surface area contributed by atoms with E-state index in [1.165, 1.54) is 31.4 Å². The molecule has 1 aromatic carbocycles. The summed E-state index contributed by atoms with van der Waals surface area (Å²) in [5, 5.41) is 3.48. The van der Waals surface area contributed by atoms with Gasteiger partial charge in [0.25, 0.3) is 0 Å². The minimum Gasteiger partial charge on any atom is -0.357 e. The second-order valence-corrected chi connectivity index (χ2v) is 6.81. The van der Waals surface area contributed by atoms with Crippen molar-refractivity contribution in [3.63, 3.8) is 0 Å². The number of hydrogen-bond donors (Lipinski definition) is 1. The van der Waals surface area contributed by atoms with Crippen LogP contribution in [0.3, 0.4) is 0 Å². The quantitative estimate of drug-likeness (QED) is 0.253. The number of halogens is 1. The van der Waals surface area contributed by atoms with Gasteiger partial charge in [-0.15, -0.1) is 24.0 Å². The van der Waals surface area contributed by atoms with E-state index in [9.17, 15) is 0 Å². The number of likely N-dealkylation sites (tertiary alicyclic amines) is 1. The van der Waals surface area contributed by atoms with Gasteiger partial charge in [0.2, 0.25) is 0 Å². The molecule has 1 aliphatic heterocycles. The van der Waals surface area contributed by atoms with Crippen LogP contribution >= 0.6 is 24.0 Å². The normalized spacial score (nSPS) is 17.5. The third-order valence-electron chi connectivity index (χ3n) is 5.13. The first-order valence-electron chi connectivity index (χ1n) is 10.1. The molecular weight excluding hydrogens is 435 g/mol. The number of hydrogen-bond acceptors (Lipinski definition) is 2. The van der Waals surface area contributed by atoms with Crippen LogP contribution < -0.4 is 5.32 Å². The fraction of sp³-hybridized carbons (Fsp3) is 0.667. The lowest BCUT2D eigenvalue weighted by Gasteiger charge is -2.22. The zero-order chi connectivity index (χ0) is 17.9. The van der Waals surface area contributed by atoms with Crippen LogP contribution in [-0.4, -0.2) is 61.6 Å². The van der Waals surface area contributed by atoms with Crippen LogP contribution in [0.5, 0.6) is 0 Å². The minimum atomic E-state index is 0. The second-order valence-electron chi connectivity index (χ2n) is 6.81. The molecule has 0 saturated carbocycles. The van der Waals surface area contributed by atoms with Crippen LogP contribution in [0, 0.1) is 0 Å². The summed E-state index contributed by atoms with van der Waals surface area (Å²) in [5.41, 5.74) is 1.46. The largest absolute Gasteiger partial charge is 0.357 e. The van der Waals surface area contributed by atoms with Crippen molar-refractivity contribution in [3.8, 4) is 0 Å². The van der Waals surface area contributed by atoms with Crippen LogP contribution in [-0.2, 0) is 0 Å². The van der Waals surface area contributed by atoms with E-state index in [0.29, 0.717) is 5.92 Å². The van der Waals surface area contributed by atoms with E-state index in [1.807, 2.05) is 0 Å². The van der Waals surface area contributed by atoms with E-state index in [-0.39, 0.29) is 24.0 Å². The van der Waals surface area contributed by atoms with Gasteiger partial charge in [0.05, 0.1) is 0 Å². The molecule has 1 aliphatic rings. The Morgan fingerprint density at radius 3 is 2.54 bits per heavy atom. The maximum Gasteiger partial charge on any atom is 0.193 e. The Balaban J connectivity index is 0.00000338. The van der Waals surface area contributed by atoms with Crippen molar-refractivity contribution in [2.75, 3.05) is 45.8 Å². The van der Waals surface area contributed by atoms with Crippen molar-refractivity contribution in [2.45, 2.75) is 46.0 Å². The Morgan fingerprint density at radius 2 is 1.88 bits per heavy atom. The van der Waals surface area contributed by atoms with Gasteiger partial charge in [0.15, 0.2) is 5.96 Å². The van der Waals surface area contributed by atoms with Crippen LogP contribution in [0.15, 0.2) is 35.3 Å². The van der Waals surface area contributed by atoms with Gasteiger partial charge in [-0.3, -0.25) is 4.99 Å². The van der Waals surface area contributed by atoms with E-state index in [1.54, 1.807) is 0 Å². The molecule has 1 N–H and O–H groups in total. The Labute approximate surface area is 177 Å². The number of aliphatic imine (C=N–C) groups is 1. The molecule has 1 unspecified atom stereocenters. The average molecular weight is 472 g/mol. The molecule has 148 valence electrons. The minimum absolute atomic E-state index is 0. The molecule has 5 heteroatoms. The zero-order valence-electron chi connectivity index (χ0n) is 16.8. The van der Waals surface area contributed by atoms with Crippen LogP contribution in [0.25, 0.3) is 0 Å². The van der Waals surface area contributed by atoms with E-state index in [2.05, 4.69) is 66.2 Å². The molecule has 0 spiro atoms. The summed E-state index contributed by atoms with van der Waals surface area (Å²) in [4.78, 5) is 9.81. The lowest BCUT2D eigenvalue weighted by atomic mass is 9.99. The molecule has 1 atom stereocenters. The molecule has 1 saturated heterocycles. The van der Waals surface area contributed by atoms with Crippen molar-refractivity contribution >= 4 is 29.9 Å². The maximum absolute atomic E-state index is 4.89. The maximum atomic E-state index is 4.89. The van der Waals surface area contributed by atoms with Gasteiger partial charge >= 0.3 is 0 Å². The second kappa shape index (κ2) is 13.4. The summed E-state index contributed by atoms with van der Waals surface area (Å²) < 4.78 is 0. The third-order valence-corrected chi connectivity index (χ3v) is 5.13. The fourth-order valence-electron chi connectivity index (χ4n) is 3.55. The van der Waals surface area contributed by atoms with Crippen LogP contribution in [0.2, 0.25) is 0 Å². The van der Waals surface area contributed by atoms with Crippen molar-refractivity contribution in [3.05, 3.63) is 35.9 Å². The Hall–Kier alpha value is -0.820. The molecule has 0 aromatic heterocycles. The highest BCUT2D eigenvalue weighted by Crippen LogP contribution is 2.26. The SMILES string of the molecule is CCNC(=NCCCCN(CC)CC)N1CCC(c2ccccc2)C1.I. The number of guanidine groups is 1. The van der Waals surface area contributed by atoms with E-state index in [4.69, 9.17) is 4.99 Å². The molecule has 0 amide bonds. The first-order chi connectivity index (χ1) is 12.3. The van der Waals surface area contributed by atoms with E-state index < -0.39 is 0 Å². The summed E-state index contributed by atoms with van der Waals surface area (Å²) in [7, 11) is 0. The summed E-state index contributed by atoms with van der Waals surface area (Å²) in [6.07, 6.45) is 3.62. The van der Waals surface area contributed by atoms with E-state index >= 15 is 0 Å². The highest BCUT2D eigenvalue weighted by molar-refractivity contribution is 14.0. The number of rotatable bonds is 9. The molecule has 1 fully saturated rings. The highest BCUT2D eigenvalue weighted by atomic mass is 127. The molecule has 4 nitrogen and oxygen atoms in total. The number of unbranched alkanes of at least 4 members (excludes halogenated alkanes) is 1. The number of nitrogens with one attached hydrogen (secondary N) is 1. The van der Waals surface area contributed by atoms with Gasteiger partial charge in [-0.25, -0.2) is 0 Å². The van der Waals surface area contributed by atoms with Gasteiger partial charge in [-0.05, 0) is 51.4 Å². The molecule has 0 aliphatic carbocycles. The smallest absolute Gasteiger partial charge is 0.193 e. The van der Waals surface area contributed by atoms with Gasteiger partial charge in [-0.1, -0.05) is 44.2 Å². The third kappa shape index (κ3) is 7.43. The Bertz CT molecular complexity index is 502. The first-order valence-corrected chi connectivity index (χ1v) is 10.1. The molecule has 1 heterocycles.